The van der Waals surface area contributed by atoms with E-state index in [0.717, 1.165) is 0 Å². The summed E-state index contributed by atoms with van der Waals surface area (Å²) >= 11 is 3.10. The van der Waals surface area contributed by atoms with Gasteiger partial charge in [-0.1, -0.05) is 15.9 Å². The number of hydrogen-bond acceptors (Lipinski definition) is 3. The van der Waals surface area contributed by atoms with Crippen LogP contribution in [0.15, 0.2) is 0 Å². The van der Waals surface area contributed by atoms with Crippen molar-refractivity contribution in [2.75, 3.05) is 5.33 Å². The summed E-state index contributed by atoms with van der Waals surface area (Å²) in [6.45, 7) is 0. The third kappa shape index (κ3) is 1.70. The molecular weight excluding hydrogens is 200 g/mol. The molecule has 1 aliphatic rings. The lowest BCUT2D eigenvalue weighted by Crippen LogP contribution is -2.26. The van der Waals surface area contributed by atoms with Crippen molar-refractivity contribution in [2.45, 2.75) is 25.0 Å². The normalized spacial score (nSPS) is 28.2. The number of aliphatic hydroxyl groups is 1. The molecule has 0 aromatic rings. The van der Waals surface area contributed by atoms with Gasteiger partial charge in [-0.05, 0) is 6.42 Å². The van der Waals surface area contributed by atoms with Crippen molar-refractivity contribution in [3.8, 4) is 0 Å². The second-order valence-corrected chi connectivity index (χ2v) is 2.94. The van der Waals surface area contributed by atoms with Crippen LogP contribution in [0, 0.1) is 0 Å². The Labute approximate surface area is 67.5 Å². The van der Waals surface area contributed by atoms with E-state index in [-0.39, 0.29) is 12.1 Å². The molecule has 0 aliphatic carbocycles. The molecule has 0 amide bonds. The third-order valence-corrected chi connectivity index (χ3v) is 2.17. The van der Waals surface area contributed by atoms with Crippen LogP contribution in [0.4, 0.5) is 0 Å². The van der Waals surface area contributed by atoms with Crippen molar-refractivity contribution in [2.24, 2.45) is 0 Å². The SMILES string of the molecule is O=C1CCC(C(O)CBr)O1. The molecule has 10 heavy (non-hydrogen) atoms. The van der Waals surface area contributed by atoms with Gasteiger partial charge < -0.3 is 9.84 Å². The molecule has 0 saturated carbocycles. The van der Waals surface area contributed by atoms with Crippen LogP contribution in [0.25, 0.3) is 0 Å². The van der Waals surface area contributed by atoms with E-state index in [1.54, 1.807) is 0 Å². The Kier molecular flexibility index (Phi) is 2.68. The Bertz CT molecular complexity index is 137. The van der Waals surface area contributed by atoms with Gasteiger partial charge in [0.25, 0.3) is 0 Å². The first kappa shape index (κ1) is 8.01. The molecule has 1 fully saturated rings. The van der Waals surface area contributed by atoms with Crippen molar-refractivity contribution in [3.63, 3.8) is 0 Å². The molecule has 1 heterocycles. The summed E-state index contributed by atoms with van der Waals surface area (Å²) in [4.78, 5) is 10.5. The van der Waals surface area contributed by atoms with E-state index in [0.29, 0.717) is 18.2 Å². The van der Waals surface area contributed by atoms with Gasteiger partial charge in [-0.25, -0.2) is 0 Å². The van der Waals surface area contributed by atoms with Gasteiger partial charge in [0, 0.05) is 11.8 Å². The fourth-order valence-electron chi connectivity index (χ4n) is 0.917. The highest BCUT2D eigenvalue weighted by Crippen LogP contribution is 2.17. The lowest BCUT2D eigenvalue weighted by Gasteiger charge is -2.13. The fourth-order valence-corrected chi connectivity index (χ4v) is 1.33. The Morgan fingerprint density at radius 2 is 2.60 bits per heavy atom. The quantitative estimate of drug-likeness (QED) is 0.530. The average molecular weight is 209 g/mol. The predicted molar refractivity (Wildman–Crippen MR) is 38.9 cm³/mol. The minimum absolute atomic E-state index is 0.204. The van der Waals surface area contributed by atoms with Crippen LogP contribution >= 0.6 is 15.9 Å². The molecule has 0 aromatic carbocycles. The Hall–Kier alpha value is -0.0900. The van der Waals surface area contributed by atoms with Crippen LogP contribution in [0.2, 0.25) is 0 Å². The van der Waals surface area contributed by atoms with E-state index < -0.39 is 6.10 Å². The van der Waals surface area contributed by atoms with Gasteiger partial charge in [-0.3, -0.25) is 4.79 Å². The second-order valence-electron chi connectivity index (χ2n) is 2.29. The molecule has 1 aliphatic heterocycles. The van der Waals surface area contributed by atoms with Crippen molar-refractivity contribution >= 4 is 21.9 Å². The van der Waals surface area contributed by atoms with E-state index in [2.05, 4.69) is 15.9 Å². The summed E-state index contributed by atoms with van der Waals surface area (Å²) in [5, 5.41) is 9.61. The molecule has 0 aromatic heterocycles. The fraction of sp³-hybridized carbons (Fsp3) is 0.833. The van der Waals surface area contributed by atoms with E-state index >= 15 is 0 Å². The number of ether oxygens (including phenoxy) is 1. The van der Waals surface area contributed by atoms with Crippen LogP contribution in [0.1, 0.15) is 12.8 Å². The highest BCUT2D eigenvalue weighted by atomic mass is 79.9. The van der Waals surface area contributed by atoms with Crippen LogP contribution in [-0.2, 0) is 9.53 Å². The first-order valence-corrected chi connectivity index (χ1v) is 4.29. The number of carbonyl (C=O) groups is 1. The molecule has 2 unspecified atom stereocenters. The molecule has 1 saturated heterocycles. The van der Waals surface area contributed by atoms with Gasteiger partial charge in [0.2, 0.25) is 0 Å². The van der Waals surface area contributed by atoms with Gasteiger partial charge in [0.1, 0.15) is 12.2 Å². The van der Waals surface area contributed by atoms with Gasteiger partial charge in [0.05, 0.1) is 0 Å². The smallest absolute Gasteiger partial charge is 0.306 e. The van der Waals surface area contributed by atoms with Crippen molar-refractivity contribution in [1.82, 2.24) is 0 Å². The van der Waals surface area contributed by atoms with E-state index in [1.165, 1.54) is 0 Å². The first-order valence-electron chi connectivity index (χ1n) is 3.17. The lowest BCUT2D eigenvalue weighted by atomic mass is 10.2. The zero-order valence-corrected chi connectivity index (χ0v) is 7.00. The van der Waals surface area contributed by atoms with Crippen molar-refractivity contribution in [1.29, 1.82) is 0 Å². The largest absolute Gasteiger partial charge is 0.460 e. The zero-order valence-electron chi connectivity index (χ0n) is 5.42. The molecule has 0 bridgehead atoms. The maximum absolute atomic E-state index is 10.5. The summed E-state index contributed by atoms with van der Waals surface area (Å²) in [6.07, 6.45) is 0.249. The predicted octanol–water partition coefficient (Wildman–Crippen LogP) is 0.448. The maximum Gasteiger partial charge on any atom is 0.306 e. The number of hydrogen-bond donors (Lipinski definition) is 1. The number of esters is 1. The van der Waals surface area contributed by atoms with E-state index in [4.69, 9.17) is 9.84 Å². The first-order chi connectivity index (χ1) is 4.74. The van der Waals surface area contributed by atoms with Gasteiger partial charge in [-0.2, -0.15) is 0 Å². The zero-order chi connectivity index (χ0) is 7.56. The van der Waals surface area contributed by atoms with E-state index in [9.17, 15) is 4.79 Å². The van der Waals surface area contributed by atoms with Crippen LogP contribution in [-0.4, -0.2) is 28.6 Å². The molecule has 2 atom stereocenters. The topological polar surface area (TPSA) is 46.5 Å². The molecule has 3 nitrogen and oxygen atoms in total. The molecule has 0 radical (unpaired) electrons. The number of cyclic esters (lactones) is 1. The maximum atomic E-state index is 10.5. The number of carbonyl (C=O) groups excluding carboxylic acids is 1. The standard InChI is InChI=1S/C6H9BrO3/c7-3-4(8)5-1-2-6(9)10-5/h4-5,8H,1-3H2. The molecule has 1 N–H and O–H groups in total. The van der Waals surface area contributed by atoms with Crippen LogP contribution < -0.4 is 0 Å². The summed E-state index contributed by atoms with van der Waals surface area (Å²) in [5.41, 5.74) is 0. The number of alkyl halides is 1. The Morgan fingerprint density at radius 3 is 3.00 bits per heavy atom. The molecule has 1 rings (SSSR count). The average Bonchev–Trinajstić information content (AvgIpc) is 2.34. The highest BCUT2D eigenvalue weighted by molar-refractivity contribution is 9.09. The van der Waals surface area contributed by atoms with Gasteiger partial charge in [0.15, 0.2) is 0 Å². The number of aliphatic hydroxyl groups excluding tert-OH is 1. The molecule has 58 valence electrons. The van der Waals surface area contributed by atoms with E-state index in [1.807, 2.05) is 0 Å². The lowest BCUT2D eigenvalue weighted by molar-refractivity contribution is -0.144. The highest BCUT2D eigenvalue weighted by Gasteiger charge is 2.28. The molecular formula is C6H9BrO3. The summed E-state index contributed by atoms with van der Waals surface area (Å²) in [7, 11) is 0. The Balaban J connectivity index is 2.36. The van der Waals surface area contributed by atoms with Crippen molar-refractivity contribution < 1.29 is 14.6 Å². The number of halogens is 1. The molecule has 0 spiro atoms. The number of rotatable bonds is 2. The van der Waals surface area contributed by atoms with Gasteiger partial charge >= 0.3 is 5.97 Å². The Morgan fingerprint density at radius 1 is 1.90 bits per heavy atom. The summed E-state index contributed by atoms with van der Waals surface area (Å²) < 4.78 is 4.80. The van der Waals surface area contributed by atoms with Crippen LogP contribution in [0.5, 0.6) is 0 Å². The van der Waals surface area contributed by atoms with Crippen LogP contribution in [0.3, 0.4) is 0 Å². The van der Waals surface area contributed by atoms with Crippen molar-refractivity contribution in [3.05, 3.63) is 0 Å². The summed E-state index contributed by atoms with van der Waals surface area (Å²) in [5.74, 6) is -0.204. The minimum Gasteiger partial charge on any atom is -0.460 e. The monoisotopic (exact) mass is 208 g/mol. The molecule has 4 heteroatoms. The third-order valence-electron chi connectivity index (χ3n) is 1.50. The second kappa shape index (κ2) is 3.34. The minimum atomic E-state index is -0.550. The summed E-state index contributed by atoms with van der Waals surface area (Å²) in [6, 6.07) is 0. The van der Waals surface area contributed by atoms with Gasteiger partial charge in [-0.15, -0.1) is 0 Å².